The second-order valence-electron chi connectivity index (χ2n) is 11.4. The zero-order chi connectivity index (χ0) is 29.8. The highest BCUT2D eigenvalue weighted by Gasteiger charge is 2.38. The van der Waals surface area contributed by atoms with Gasteiger partial charge in [-0.25, -0.2) is 9.18 Å². The van der Waals surface area contributed by atoms with E-state index in [1.54, 1.807) is 61.2 Å². The number of amides is 2. The molecule has 0 bridgehead atoms. The molecule has 3 aromatic carbocycles. The molecule has 0 aromatic heterocycles. The van der Waals surface area contributed by atoms with Crippen molar-refractivity contribution in [3.8, 4) is 23.0 Å². The third-order valence-electron chi connectivity index (χ3n) is 7.10. The van der Waals surface area contributed by atoms with Gasteiger partial charge in [-0.1, -0.05) is 26.0 Å². The minimum atomic E-state index is -0.901. The summed E-state index contributed by atoms with van der Waals surface area (Å²) in [5.74, 6) is 1.24. The molecule has 0 radical (unpaired) electrons. The fourth-order valence-corrected chi connectivity index (χ4v) is 5.01. The number of carbonyl (C=O) groups excluding carboxylic acids is 2. The normalized spacial score (nSPS) is 16.9. The van der Waals surface area contributed by atoms with Crippen molar-refractivity contribution in [1.29, 1.82) is 0 Å². The Hall–Kier alpha value is -4.11. The van der Waals surface area contributed by atoms with E-state index < -0.39 is 11.0 Å². The first kappa shape index (κ1) is 29.9. The minimum absolute atomic E-state index is 0.250. The summed E-state index contributed by atoms with van der Waals surface area (Å²) in [6.45, 7) is 8.34. The number of halogens is 1. The number of rotatable bonds is 9. The maximum absolute atomic E-state index is 13.4. The number of hydrogen-bond acceptors (Lipinski definition) is 6. The van der Waals surface area contributed by atoms with Gasteiger partial charge in [-0.2, -0.15) is 0 Å². The quantitative estimate of drug-likeness (QED) is 0.275. The number of methoxy groups -OCH3 is 1. The maximum atomic E-state index is 13.4. The lowest BCUT2D eigenvalue weighted by atomic mass is 9.85. The lowest BCUT2D eigenvalue weighted by molar-refractivity contribution is -0.146. The topological polar surface area (TPSA) is 97.3 Å². The first-order chi connectivity index (χ1) is 19.4. The number of benzene rings is 3. The van der Waals surface area contributed by atoms with Crippen molar-refractivity contribution in [2.75, 3.05) is 25.5 Å². The van der Waals surface area contributed by atoms with E-state index in [2.05, 4.69) is 5.32 Å². The van der Waals surface area contributed by atoms with Crippen molar-refractivity contribution in [2.24, 2.45) is 5.92 Å². The van der Waals surface area contributed by atoms with Crippen LogP contribution in [0.5, 0.6) is 23.0 Å². The van der Waals surface area contributed by atoms with Crippen LogP contribution in [-0.2, 0) is 14.9 Å². The van der Waals surface area contributed by atoms with Crippen LogP contribution in [0.2, 0.25) is 0 Å². The predicted octanol–water partition coefficient (Wildman–Crippen LogP) is 6.88. The standard InChI is InChI=1S/C32H37FN2O6/c1-21(2)19-32(38)14-15-35(20-32)30(37)34-24-16-27(18-28(17-24)41-26-12-8-23(33)9-13-26)40-25-10-6-22(7-11-25)31(3,4)29(36)39-5/h6-13,16-18,21,38H,14-15,19-20H2,1-5H3,(H,34,37). The first-order valence-corrected chi connectivity index (χ1v) is 13.6. The molecule has 1 saturated heterocycles. The lowest BCUT2D eigenvalue weighted by Gasteiger charge is -2.25. The molecule has 1 atom stereocenters. The minimum Gasteiger partial charge on any atom is -0.468 e. The number of urea groups is 1. The highest BCUT2D eigenvalue weighted by molar-refractivity contribution is 5.90. The van der Waals surface area contributed by atoms with Gasteiger partial charge in [-0.15, -0.1) is 0 Å². The summed E-state index contributed by atoms with van der Waals surface area (Å²) in [6, 6.07) is 17.3. The second-order valence-corrected chi connectivity index (χ2v) is 11.4. The van der Waals surface area contributed by atoms with Gasteiger partial charge in [0.15, 0.2) is 0 Å². The molecular weight excluding hydrogens is 527 g/mol. The van der Waals surface area contributed by atoms with Crippen molar-refractivity contribution in [1.82, 2.24) is 4.90 Å². The molecule has 0 aliphatic carbocycles. The summed E-state index contributed by atoms with van der Waals surface area (Å²) in [6.07, 6.45) is 1.13. The second kappa shape index (κ2) is 12.2. The molecular formula is C32H37FN2O6. The molecule has 4 rings (SSSR count). The van der Waals surface area contributed by atoms with Crippen LogP contribution in [0, 0.1) is 11.7 Å². The molecule has 2 amide bonds. The Morgan fingerprint density at radius 1 is 0.976 bits per heavy atom. The number of ether oxygens (including phenoxy) is 3. The number of aliphatic hydroxyl groups is 1. The van der Waals surface area contributed by atoms with Gasteiger partial charge in [0.25, 0.3) is 0 Å². The fraction of sp³-hybridized carbons (Fsp3) is 0.375. The third-order valence-corrected chi connectivity index (χ3v) is 7.10. The van der Waals surface area contributed by atoms with Crippen molar-refractivity contribution in [2.45, 2.75) is 51.6 Å². The van der Waals surface area contributed by atoms with Gasteiger partial charge in [0.1, 0.15) is 28.8 Å². The zero-order valence-corrected chi connectivity index (χ0v) is 24.1. The smallest absolute Gasteiger partial charge is 0.321 e. The molecule has 8 nitrogen and oxygen atoms in total. The summed E-state index contributed by atoms with van der Waals surface area (Å²) in [7, 11) is 1.36. The van der Waals surface area contributed by atoms with Gasteiger partial charge in [-0.05, 0) is 74.6 Å². The molecule has 1 aliphatic heterocycles. The molecule has 3 aromatic rings. The number of anilines is 1. The molecule has 1 aliphatic rings. The number of likely N-dealkylation sites (tertiary alicyclic amines) is 1. The number of nitrogens with one attached hydrogen (secondary N) is 1. The molecule has 0 saturated carbocycles. The highest BCUT2D eigenvalue weighted by Crippen LogP contribution is 2.35. The van der Waals surface area contributed by atoms with Gasteiger partial charge in [0, 0.05) is 30.4 Å². The predicted molar refractivity (Wildman–Crippen MR) is 154 cm³/mol. The van der Waals surface area contributed by atoms with Crippen molar-refractivity contribution < 1.29 is 33.3 Å². The fourth-order valence-electron chi connectivity index (χ4n) is 5.01. The van der Waals surface area contributed by atoms with E-state index >= 15 is 0 Å². The van der Waals surface area contributed by atoms with Gasteiger partial charge in [0.2, 0.25) is 0 Å². The molecule has 1 fully saturated rings. The van der Waals surface area contributed by atoms with E-state index in [9.17, 15) is 19.1 Å². The van der Waals surface area contributed by atoms with E-state index in [-0.39, 0.29) is 24.4 Å². The van der Waals surface area contributed by atoms with Crippen molar-refractivity contribution >= 4 is 17.7 Å². The highest BCUT2D eigenvalue weighted by atomic mass is 19.1. The Balaban J connectivity index is 1.56. The van der Waals surface area contributed by atoms with Crippen molar-refractivity contribution in [3.05, 3.63) is 78.1 Å². The average Bonchev–Trinajstić information content (AvgIpc) is 3.30. The Morgan fingerprint density at radius 3 is 2.07 bits per heavy atom. The molecule has 0 spiro atoms. The number of carbonyl (C=O) groups is 2. The van der Waals surface area contributed by atoms with E-state index in [0.717, 1.165) is 5.56 Å². The molecule has 9 heteroatoms. The Bertz CT molecular complexity index is 1370. The summed E-state index contributed by atoms with van der Waals surface area (Å²) in [5, 5.41) is 13.8. The van der Waals surface area contributed by atoms with Gasteiger partial charge < -0.3 is 29.5 Å². The molecule has 2 N–H and O–H groups in total. The third kappa shape index (κ3) is 7.55. The van der Waals surface area contributed by atoms with Gasteiger partial charge in [-0.3, -0.25) is 4.79 Å². The Morgan fingerprint density at radius 2 is 1.54 bits per heavy atom. The van der Waals surface area contributed by atoms with Gasteiger partial charge in [0.05, 0.1) is 24.7 Å². The van der Waals surface area contributed by atoms with E-state index in [1.165, 1.54) is 31.4 Å². The van der Waals surface area contributed by atoms with Crippen LogP contribution in [0.1, 0.15) is 46.1 Å². The van der Waals surface area contributed by atoms with Crippen molar-refractivity contribution in [3.63, 3.8) is 0 Å². The number of nitrogens with zero attached hydrogens (tertiary/aromatic N) is 1. The summed E-state index contributed by atoms with van der Waals surface area (Å²) in [4.78, 5) is 26.9. The van der Waals surface area contributed by atoms with Crippen LogP contribution >= 0.6 is 0 Å². The summed E-state index contributed by atoms with van der Waals surface area (Å²) < 4.78 is 30.4. The number of esters is 1. The number of hydrogen-bond donors (Lipinski definition) is 2. The van der Waals surface area contributed by atoms with E-state index in [4.69, 9.17) is 14.2 Å². The largest absolute Gasteiger partial charge is 0.468 e. The van der Waals surface area contributed by atoms with E-state index in [0.29, 0.717) is 54.0 Å². The SMILES string of the molecule is COC(=O)C(C)(C)c1ccc(Oc2cc(NC(=O)N3CCC(O)(CC(C)C)C3)cc(Oc3ccc(F)cc3)c2)cc1. The van der Waals surface area contributed by atoms with Crippen LogP contribution in [0.4, 0.5) is 14.9 Å². The maximum Gasteiger partial charge on any atom is 0.321 e. The molecule has 41 heavy (non-hydrogen) atoms. The van der Waals surface area contributed by atoms with Crippen LogP contribution in [0.25, 0.3) is 0 Å². The van der Waals surface area contributed by atoms with Crippen LogP contribution in [0.3, 0.4) is 0 Å². The zero-order valence-electron chi connectivity index (χ0n) is 24.1. The number of β-amino-alcohol motifs (C(OH)–C–C–N with tert-alkyl or cyclic N) is 1. The van der Waals surface area contributed by atoms with E-state index in [1.807, 2.05) is 13.8 Å². The first-order valence-electron chi connectivity index (χ1n) is 13.6. The summed E-state index contributed by atoms with van der Waals surface area (Å²) >= 11 is 0. The van der Waals surface area contributed by atoms with Crippen LogP contribution in [0.15, 0.2) is 66.7 Å². The van der Waals surface area contributed by atoms with Crippen LogP contribution in [-0.4, -0.2) is 47.8 Å². The average molecular weight is 565 g/mol. The van der Waals surface area contributed by atoms with Crippen LogP contribution < -0.4 is 14.8 Å². The molecule has 218 valence electrons. The Labute approximate surface area is 240 Å². The molecule has 1 unspecified atom stereocenters. The summed E-state index contributed by atoms with van der Waals surface area (Å²) in [5.41, 5.74) is -0.541. The lowest BCUT2D eigenvalue weighted by Crippen LogP contribution is -2.38. The molecule has 1 heterocycles. The monoisotopic (exact) mass is 564 g/mol. The van der Waals surface area contributed by atoms with Gasteiger partial charge >= 0.3 is 12.0 Å². The Kier molecular flexibility index (Phi) is 8.87.